The van der Waals surface area contributed by atoms with Crippen molar-refractivity contribution in [1.82, 2.24) is 0 Å². The minimum absolute atomic E-state index is 0.0599. The monoisotopic (exact) mass is 553 g/mol. The number of carbonyl (C=O) groups is 2. The summed E-state index contributed by atoms with van der Waals surface area (Å²) >= 11 is 6.03. The number of ketones is 1. The van der Waals surface area contributed by atoms with E-state index in [9.17, 15) is 19.1 Å². The normalized spacial score (nSPS) is 16.6. The molecule has 1 aliphatic heterocycles. The van der Waals surface area contributed by atoms with Gasteiger partial charge in [-0.1, -0.05) is 31.5 Å². The van der Waals surface area contributed by atoms with Crippen LogP contribution in [0.3, 0.4) is 0 Å². The number of amides is 1. The van der Waals surface area contributed by atoms with Gasteiger partial charge in [-0.2, -0.15) is 0 Å². The number of nitrogens with zero attached hydrogens (tertiary/aromatic N) is 1. The number of hydrogen-bond acceptors (Lipinski definition) is 6. The highest BCUT2D eigenvalue weighted by Crippen LogP contribution is 2.45. The maximum atomic E-state index is 14.0. The topological polar surface area (TPSA) is 85.3 Å². The number of rotatable bonds is 8. The molecule has 1 saturated heterocycles. The highest BCUT2D eigenvalue weighted by atomic mass is 35.5. The quantitative estimate of drug-likeness (QED) is 0.191. The molecular weight excluding hydrogens is 525 g/mol. The molecule has 1 N–H and O–H groups in total. The summed E-state index contributed by atoms with van der Waals surface area (Å²) in [5.74, 6) is -1.28. The van der Waals surface area contributed by atoms with Crippen molar-refractivity contribution < 1.29 is 33.3 Å². The third-order valence-corrected chi connectivity index (χ3v) is 6.84. The summed E-state index contributed by atoms with van der Waals surface area (Å²) in [6, 6.07) is 12.7. The van der Waals surface area contributed by atoms with Crippen molar-refractivity contribution in [2.45, 2.75) is 32.7 Å². The summed E-state index contributed by atoms with van der Waals surface area (Å²) in [7, 11) is 2.95. The number of halogens is 2. The third-order valence-electron chi connectivity index (χ3n) is 6.55. The molecule has 3 aromatic carbocycles. The zero-order valence-electron chi connectivity index (χ0n) is 22.2. The van der Waals surface area contributed by atoms with E-state index in [0.29, 0.717) is 35.0 Å². The molecule has 7 nitrogen and oxygen atoms in total. The Labute approximate surface area is 231 Å². The van der Waals surface area contributed by atoms with E-state index in [4.69, 9.17) is 25.8 Å². The highest BCUT2D eigenvalue weighted by Gasteiger charge is 2.47. The summed E-state index contributed by atoms with van der Waals surface area (Å²) in [6.07, 6.45) is 0. The van der Waals surface area contributed by atoms with Crippen molar-refractivity contribution in [2.24, 2.45) is 0 Å². The van der Waals surface area contributed by atoms with Gasteiger partial charge < -0.3 is 19.3 Å². The van der Waals surface area contributed by atoms with Crippen LogP contribution in [0, 0.1) is 5.82 Å². The van der Waals surface area contributed by atoms with E-state index in [2.05, 4.69) is 0 Å². The molecule has 1 unspecified atom stereocenters. The molecule has 1 fully saturated rings. The van der Waals surface area contributed by atoms with Gasteiger partial charge >= 0.3 is 0 Å². The van der Waals surface area contributed by atoms with Crippen LogP contribution >= 0.6 is 11.6 Å². The second kappa shape index (κ2) is 11.4. The van der Waals surface area contributed by atoms with Gasteiger partial charge in [0.25, 0.3) is 11.7 Å². The molecule has 0 saturated carbocycles. The molecule has 0 aliphatic carbocycles. The summed E-state index contributed by atoms with van der Waals surface area (Å²) in [5, 5.41) is 11.3. The summed E-state index contributed by atoms with van der Waals surface area (Å²) in [5.41, 5.74) is 1.71. The smallest absolute Gasteiger partial charge is 0.300 e. The SMILES string of the molecule is CCOc1ccc(/C(O)=C2\C(=O)C(=O)N(c3ccc(F)c(Cl)c3)C2c2ccc(OC)c(OC)c2)cc1C(C)C. The first-order chi connectivity index (χ1) is 18.6. The molecule has 0 radical (unpaired) electrons. The van der Waals surface area contributed by atoms with Crippen LogP contribution in [0.25, 0.3) is 5.76 Å². The molecule has 3 aromatic rings. The zero-order chi connectivity index (χ0) is 28.4. The minimum atomic E-state index is -1.07. The molecule has 9 heteroatoms. The number of aliphatic hydroxyl groups excluding tert-OH is 1. The van der Waals surface area contributed by atoms with Gasteiger partial charge in [-0.3, -0.25) is 14.5 Å². The number of methoxy groups -OCH3 is 2. The molecule has 1 heterocycles. The van der Waals surface area contributed by atoms with Crippen molar-refractivity contribution in [3.63, 3.8) is 0 Å². The first-order valence-corrected chi connectivity index (χ1v) is 12.8. The minimum Gasteiger partial charge on any atom is -0.507 e. The van der Waals surface area contributed by atoms with Crippen molar-refractivity contribution in [2.75, 3.05) is 25.7 Å². The first-order valence-electron chi connectivity index (χ1n) is 12.4. The Balaban J connectivity index is 1.97. The van der Waals surface area contributed by atoms with E-state index in [0.717, 1.165) is 11.6 Å². The molecule has 4 rings (SSSR count). The molecule has 0 aromatic heterocycles. The average molecular weight is 554 g/mol. The van der Waals surface area contributed by atoms with Crippen molar-refractivity contribution in [3.05, 3.63) is 87.7 Å². The number of carbonyl (C=O) groups excluding carboxylic acids is 2. The van der Waals surface area contributed by atoms with Crippen LogP contribution in [-0.4, -0.2) is 37.6 Å². The van der Waals surface area contributed by atoms with E-state index in [-0.39, 0.29) is 28.0 Å². The molecule has 0 spiro atoms. The first kappa shape index (κ1) is 28.0. The molecule has 39 heavy (non-hydrogen) atoms. The van der Waals surface area contributed by atoms with E-state index in [1.807, 2.05) is 20.8 Å². The Morgan fingerprint density at radius 1 is 1.00 bits per heavy atom. The lowest BCUT2D eigenvalue weighted by atomic mass is 9.93. The number of anilines is 1. The number of hydrogen-bond donors (Lipinski definition) is 1. The number of ether oxygens (including phenoxy) is 3. The summed E-state index contributed by atoms with van der Waals surface area (Å²) in [6.45, 7) is 6.32. The Bertz CT molecular complexity index is 1470. The number of benzene rings is 3. The lowest BCUT2D eigenvalue weighted by Crippen LogP contribution is -2.29. The van der Waals surface area contributed by atoms with Gasteiger partial charge in [0.15, 0.2) is 11.5 Å². The number of Topliss-reactive ketones (excluding diaryl/α,β-unsaturated/α-hetero) is 1. The second-order valence-electron chi connectivity index (χ2n) is 9.22. The van der Waals surface area contributed by atoms with Crippen LogP contribution in [0.15, 0.2) is 60.2 Å². The zero-order valence-corrected chi connectivity index (χ0v) is 23.0. The maximum absolute atomic E-state index is 14.0. The van der Waals surface area contributed by atoms with Gasteiger partial charge in [0.2, 0.25) is 0 Å². The van der Waals surface area contributed by atoms with Crippen molar-refractivity contribution in [1.29, 1.82) is 0 Å². The molecular formula is C30H29ClFNO6. The van der Waals surface area contributed by atoms with E-state index >= 15 is 0 Å². The largest absolute Gasteiger partial charge is 0.507 e. The van der Waals surface area contributed by atoms with Gasteiger partial charge in [0.05, 0.1) is 37.5 Å². The molecule has 1 aliphatic rings. The Morgan fingerprint density at radius 3 is 2.31 bits per heavy atom. The Kier molecular flexibility index (Phi) is 8.16. The predicted octanol–water partition coefficient (Wildman–Crippen LogP) is 6.64. The molecule has 1 atom stereocenters. The van der Waals surface area contributed by atoms with Crippen LogP contribution in [0.4, 0.5) is 10.1 Å². The predicted molar refractivity (Wildman–Crippen MR) is 147 cm³/mol. The molecule has 204 valence electrons. The van der Waals surface area contributed by atoms with Crippen LogP contribution in [0.2, 0.25) is 5.02 Å². The number of aliphatic hydroxyl groups is 1. The highest BCUT2D eigenvalue weighted by molar-refractivity contribution is 6.51. The molecule has 1 amide bonds. The third kappa shape index (κ3) is 5.16. The van der Waals surface area contributed by atoms with Crippen LogP contribution < -0.4 is 19.1 Å². The molecule has 0 bridgehead atoms. The fourth-order valence-electron chi connectivity index (χ4n) is 4.66. The summed E-state index contributed by atoms with van der Waals surface area (Å²) < 4.78 is 30.5. The standard InChI is InChI=1S/C30H29ClFNO6/c1-6-39-23-11-8-18(13-20(23)16(2)3)28(34)26-27(17-7-12-24(37-4)25(14-17)38-5)33(30(36)29(26)35)19-9-10-22(32)21(31)15-19/h7-16,27,34H,6H2,1-5H3/b28-26+. The van der Waals surface area contributed by atoms with Crippen molar-refractivity contribution in [3.8, 4) is 17.2 Å². The Morgan fingerprint density at radius 2 is 1.69 bits per heavy atom. The van der Waals surface area contributed by atoms with Crippen molar-refractivity contribution >= 4 is 34.7 Å². The average Bonchev–Trinajstić information content (AvgIpc) is 3.19. The lowest BCUT2D eigenvalue weighted by molar-refractivity contribution is -0.132. The fraction of sp³-hybridized carbons (Fsp3) is 0.267. The maximum Gasteiger partial charge on any atom is 0.300 e. The van der Waals surface area contributed by atoms with Gasteiger partial charge in [0, 0.05) is 11.3 Å². The second-order valence-corrected chi connectivity index (χ2v) is 9.63. The van der Waals surface area contributed by atoms with Gasteiger partial charge in [-0.15, -0.1) is 0 Å². The van der Waals surface area contributed by atoms with Gasteiger partial charge in [0.1, 0.15) is 17.3 Å². The van der Waals surface area contributed by atoms with Crippen LogP contribution in [0.5, 0.6) is 17.2 Å². The van der Waals surface area contributed by atoms with E-state index in [1.165, 1.54) is 31.3 Å². The fourth-order valence-corrected chi connectivity index (χ4v) is 4.84. The van der Waals surface area contributed by atoms with Crippen LogP contribution in [0.1, 0.15) is 49.4 Å². The van der Waals surface area contributed by atoms with Gasteiger partial charge in [-0.25, -0.2) is 4.39 Å². The van der Waals surface area contributed by atoms with E-state index in [1.54, 1.807) is 36.4 Å². The van der Waals surface area contributed by atoms with E-state index < -0.39 is 23.5 Å². The lowest BCUT2D eigenvalue weighted by Gasteiger charge is -2.26. The summed E-state index contributed by atoms with van der Waals surface area (Å²) in [4.78, 5) is 28.1. The van der Waals surface area contributed by atoms with Gasteiger partial charge in [-0.05, 0) is 72.5 Å². The Hall–Kier alpha value is -4.04. The van der Waals surface area contributed by atoms with Crippen LogP contribution in [-0.2, 0) is 9.59 Å².